The minimum absolute atomic E-state index is 0.0232. The lowest BCUT2D eigenvalue weighted by atomic mass is 10.2. The first kappa shape index (κ1) is 15.3. The Morgan fingerprint density at radius 1 is 1.29 bits per heavy atom. The Balaban J connectivity index is 2.32. The summed E-state index contributed by atoms with van der Waals surface area (Å²) in [5.41, 5.74) is 0.624. The van der Waals surface area contributed by atoms with E-state index < -0.39 is 4.92 Å². The number of halogens is 1. The minimum atomic E-state index is -0.414. The molecule has 0 saturated heterocycles. The second-order valence-electron chi connectivity index (χ2n) is 3.96. The molecule has 0 aliphatic carbocycles. The summed E-state index contributed by atoms with van der Waals surface area (Å²) in [7, 11) is 1.41. The summed E-state index contributed by atoms with van der Waals surface area (Å²) < 4.78 is 0. The molecule has 108 valence electrons. The second-order valence-corrected chi connectivity index (χ2v) is 5.51. The van der Waals surface area contributed by atoms with Gasteiger partial charge in [0.05, 0.1) is 16.0 Å². The lowest BCUT2D eigenvalue weighted by Gasteiger charge is -2.04. The van der Waals surface area contributed by atoms with Crippen molar-refractivity contribution >= 4 is 35.3 Å². The van der Waals surface area contributed by atoms with Crippen LogP contribution in [0.4, 0.5) is 5.69 Å². The molecule has 0 aliphatic rings. The molecule has 0 saturated carbocycles. The largest absolute Gasteiger partial charge is 0.399 e. The van der Waals surface area contributed by atoms with E-state index in [-0.39, 0.29) is 5.69 Å². The minimum Gasteiger partial charge on any atom is -0.399 e. The van der Waals surface area contributed by atoms with Crippen molar-refractivity contribution in [2.75, 3.05) is 7.11 Å². The average Bonchev–Trinajstić information content (AvgIpc) is 2.48. The molecule has 2 aromatic carbocycles. The molecule has 0 unspecified atom stereocenters. The highest BCUT2D eigenvalue weighted by Gasteiger charge is 2.15. The summed E-state index contributed by atoms with van der Waals surface area (Å²) in [6.45, 7) is 0. The van der Waals surface area contributed by atoms with E-state index in [1.807, 2.05) is 12.1 Å². The number of benzene rings is 2. The summed E-state index contributed by atoms with van der Waals surface area (Å²) in [5.74, 6) is 0. The first-order valence-corrected chi connectivity index (χ1v) is 7.08. The highest BCUT2D eigenvalue weighted by atomic mass is 35.5. The van der Waals surface area contributed by atoms with Crippen LogP contribution in [0.2, 0.25) is 5.02 Å². The van der Waals surface area contributed by atoms with Crippen molar-refractivity contribution in [3.8, 4) is 0 Å². The molecular formula is C14H11ClN2O3S. The van der Waals surface area contributed by atoms with Gasteiger partial charge in [-0.2, -0.15) is 0 Å². The van der Waals surface area contributed by atoms with Crippen molar-refractivity contribution in [3.05, 3.63) is 63.2 Å². The van der Waals surface area contributed by atoms with E-state index >= 15 is 0 Å². The summed E-state index contributed by atoms with van der Waals surface area (Å²) in [6.07, 6.45) is 1.42. The molecule has 2 rings (SSSR count). The van der Waals surface area contributed by atoms with Crippen LogP contribution in [0.3, 0.4) is 0 Å². The van der Waals surface area contributed by atoms with Gasteiger partial charge in [-0.05, 0) is 30.3 Å². The molecule has 0 atom stereocenters. The van der Waals surface area contributed by atoms with Crippen LogP contribution in [-0.2, 0) is 4.84 Å². The molecule has 0 amide bonds. The van der Waals surface area contributed by atoms with E-state index in [0.29, 0.717) is 15.5 Å². The maximum absolute atomic E-state index is 11.2. The molecule has 0 aromatic heterocycles. The van der Waals surface area contributed by atoms with Crippen molar-refractivity contribution in [2.24, 2.45) is 5.16 Å². The molecule has 0 spiro atoms. The number of nitro groups is 1. The van der Waals surface area contributed by atoms with Gasteiger partial charge in [0.1, 0.15) is 7.11 Å². The molecule has 0 fully saturated rings. The number of nitro benzene ring substituents is 1. The van der Waals surface area contributed by atoms with Crippen LogP contribution in [0, 0.1) is 10.1 Å². The molecule has 0 bridgehead atoms. The predicted molar refractivity (Wildman–Crippen MR) is 83.3 cm³/mol. The van der Waals surface area contributed by atoms with Gasteiger partial charge in [0.15, 0.2) is 0 Å². The topological polar surface area (TPSA) is 64.7 Å². The maximum Gasteiger partial charge on any atom is 0.283 e. The van der Waals surface area contributed by atoms with Crippen LogP contribution >= 0.6 is 23.4 Å². The first-order chi connectivity index (χ1) is 10.1. The number of hydrogen-bond donors (Lipinski definition) is 0. The first-order valence-electron chi connectivity index (χ1n) is 5.88. The highest BCUT2D eigenvalue weighted by molar-refractivity contribution is 7.99. The lowest BCUT2D eigenvalue weighted by molar-refractivity contribution is -0.387. The van der Waals surface area contributed by atoms with Crippen molar-refractivity contribution in [1.29, 1.82) is 0 Å². The standard InChI is InChI=1S/C14H11ClN2O3S/c1-20-16-9-10-2-7-14(13(8-10)17(18)19)21-12-5-3-11(15)4-6-12/h2-9H,1H3/b16-9+. The van der Waals surface area contributed by atoms with Crippen molar-refractivity contribution < 1.29 is 9.76 Å². The Labute approximate surface area is 130 Å². The Kier molecular flexibility index (Phi) is 5.19. The predicted octanol–water partition coefficient (Wildman–Crippen LogP) is 4.38. The Morgan fingerprint density at radius 3 is 2.62 bits per heavy atom. The van der Waals surface area contributed by atoms with Gasteiger partial charge in [0.25, 0.3) is 5.69 Å². The van der Waals surface area contributed by atoms with Crippen LogP contribution in [0.15, 0.2) is 57.4 Å². The number of hydrogen-bond acceptors (Lipinski definition) is 5. The van der Waals surface area contributed by atoms with Gasteiger partial charge in [-0.1, -0.05) is 34.6 Å². The quantitative estimate of drug-likeness (QED) is 0.465. The zero-order chi connectivity index (χ0) is 15.2. The van der Waals surface area contributed by atoms with Gasteiger partial charge >= 0.3 is 0 Å². The molecule has 0 N–H and O–H groups in total. The van der Waals surface area contributed by atoms with E-state index in [0.717, 1.165) is 4.90 Å². The third-order valence-corrected chi connectivity index (χ3v) is 3.85. The van der Waals surface area contributed by atoms with Crippen LogP contribution in [0.5, 0.6) is 0 Å². The third kappa shape index (κ3) is 4.21. The van der Waals surface area contributed by atoms with Crippen LogP contribution in [0.1, 0.15) is 5.56 Å². The molecule has 0 heterocycles. The van der Waals surface area contributed by atoms with E-state index in [1.165, 1.54) is 31.2 Å². The second kappa shape index (κ2) is 7.10. The summed E-state index contributed by atoms with van der Waals surface area (Å²) in [6, 6.07) is 12.0. The summed E-state index contributed by atoms with van der Waals surface area (Å²) in [4.78, 5) is 16.8. The van der Waals surface area contributed by atoms with Crippen LogP contribution in [-0.4, -0.2) is 18.2 Å². The van der Waals surface area contributed by atoms with E-state index in [2.05, 4.69) is 9.99 Å². The van der Waals surface area contributed by atoms with E-state index in [9.17, 15) is 10.1 Å². The van der Waals surface area contributed by atoms with Crippen LogP contribution in [0.25, 0.3) is 0 Å². The molecule has 5 nitrogen and oxygen atoms in total. The fourth-order valence-corrected chi connectivity index (χ4v) is 2.61. The SMILES string of the molecule is CO/N=C/c1ccc(Sc2ccc(Cl)cc2)c([N+](=O)[O-])c1. The molecular weight excluding hydrogens is 312 g/mol. The number of rotatable bonds is 5. The Hall–Kier alpha value is -2.05. The maximum atomic E-state index is 11.2. The third-order valence-electron chi connectivity index (χ3n) is 2.53. The zero-order valence-electron chi connectivity index (χ0n) is 11.0. The fraction of sp³-hybridized carbons (Fsp3) is 0.0714. The van der Waals surface area contributed by atoms with E-state index in [4.69, 9.17) is 11.6 Å². The number of nitrogens with zero attached hydrogens (tertiary/aromatic N) is 2. The molecule has 7 heteroatoms. The highest BCUT2D eigenvalue weighted by Crippen LogP contribution is 2.35. The van der Waals surface area contributed by atoms with Crippen molar-refractivity contribution in [2.45, 2.75) is 9.79 Å². The van der Waals surface area contributed by atoms with Crippen molar-refractivity contribution in [3.63, 3.8) is 0 Å². The van der Waals surface area contributed by atoms with E-state index in [1.54, 1.807) is 24.3 Å². The molecule has 21 heavy (non-hydrogen) atoms. The Bertz CT molecular complexity index is 674. The molecule has 2 aromatic rings. The van der Waals surface area contributed by atoms with Gasteiger partial charge in [-0.25, -0.2) is 0 Å². The van der Waals surface area contributed by atoms with Crippen molar-refractivity contribution in [1.82, 2.24) is 0 Å². The molecule has 0 aliphatic heterocycles. The number of oxime groups is 1. The van der Waals surface area contributed by atoms with Gasteiger partial charge in [-0.3, -0.25) is 10.1 Å². The van der Waals surface area contributed by atoms with Crippen LogP contribution < -0.4 is 0 Å². The zero-order valence-corrected chi connectivity index (χ0v) is 12.6. The van der Waals surface area contributed by atoms with Gasteiger partial charge in [-0.15, -0.1) is 0 Å². The Morgan fingerprint density at radius 2 is 2.00 bits per heavy atom. The average molecular weight is 323 g/mol. The molecule has 0 radical (unpaired) electrons. The summed E-state index contributed by atoms with van der Waals surface area (Å²) >= 11 is 7.13. The fourth-order valence-electron chi connectivity index (χ4n) is 1.59. The van der Waals surface area contributed by atoms with Gasteiger partial charge in [0.2, 0.25) is 0 Å². The van der Waals surface area contributed by atoms with Gasteiger partial charge < -0.3 is 4.84 Å². The normalized spacial score (nSPS) is 10.8. The summed E-state index contributed by atoms with van der Waals surface area (Å²) in [5, 5.41) is 15.4. The monoisotopic (exact) mass is 322 g/mol. The van der Waals surface area contributed by atoms with Gasteiger partial charge in [0, 0.05) is 21.5 Å². The smallest absolute Gasteiger partial charge is 0.283 e. The lowest BCUT2D eigenvalue weighted by Crippen LogP contribution is -1.93.